The molecule has 5 nitrogen and oxygen atoms in total. The highest BCUT2D eigenvalue weighted by atomic mass is 79.9. The normalized spacial score (nSPS) is 10.7. The minimum Gasteiger partial charge on any atom is -0.493 e. The molecule has 0 radical (unpaired) electrons. The molecule has 0 saturated carbocycles. The van der Waals surface area contributed by atoms with Crippen molar-refractivity contribution in [1.82, 2.24) is 9.78 Å². The number of rotatable bonds is 4. The molecule has 0 amide bonds. The molecule has 2 N–H and O–H groups in total. The number of nitrogens with two attached hydrogens (primary N) is 1. The molecule has 0 atom stereocenters. The third-order valence-electron chi connectivity index (χ3n) is 3.25. The van der Waals surface area contributed by atoms with Gasteiger partial charge in [-0.2, -0.15) is 5.10 Å². The molecule has 1 aromatic heterocycles. The van der Waals surface area contributed by atoms with E-state index in [1.165, 1.54) is 0 Å². The van der Waals surface area contributed by atoms with Crippen LogP contribution < -0.4 is 15.2 Å². The van der Waals surface area contributed by atoms with Gasteiger partial charge in [0.1, 0.15) is 5.82 Å². The van der Waals surface area contributed by atoms with Crippen LogP contribution in [0, 0.1) is 0 Å². The molecular weight excluding hydrogens is 322 g/mol. The minimum atomic E-state index is 0.615. The van der Waals surface area contributed by atoms with E-state index in [1.54, 1.807) is 18.9 Å². The van der Waals surface area contributed by atoms with E-state index in [4.69, 9.17) is 15.2 Å². The second-order valence-corrected chi connectivity index (χ2v) is 5.23. The number of nitrogen functional groups attached to an aromatic ring is 1. The number of aryl methyl sites for hydroxylation is 1. The average Bonchev–Trinajstić information content (AvgIpc) is 2.76. The van der Waals surface area contributed by atoms with Gasteiger partial charge in [0.25, 0.3) is 0 Å². The number of anilines is 1. The van der Waals surface area contributed by atoms with Gasteiger partial charge in [0.15, 0.2) is 11.5 Å². The first-order valence-corrected chi connectivity index (χ1v) is 7.06. The summed E-state index contributed by atoms with van der Waals surface area (Å²) in [6, 6.07) is 3.74. The molecule has 0 spiro atoms. The molecule has 1 heterocycles. The lowest BCUT2D eigenvalue weighted by molar-refractivity contribution is 0.352. The maximum Gasteiger partial charge on any atom is 0.164 e. The van der Waals surface area contributed by atoms with Crippen molar-refractivity contribution in [1.29, 1.82) is 0 Å². The summed E-state index contributed by atoms with van der Waals surface area (Å²) in [6.45, 7) is 2.07. The molecule has 1 aromatic carbocycles. The van der Waals surface area contributed by atoms with Crippen molar-refractivity contribution in [2.75, 3.05) is 20.0 Å². The molecule has 0 fully saturated rings. The first-order chi connectivity index (χ1) is 9.53. The van der Waals surface area contributed by atoms with Gasteiger partial charge in [-0.25, -0.2) is 0 Å². The quantitative estimate of drug-likeness (QED) is 0.929. The summed E-state index contributed by atoms with van der Waals surface area (Å²) in [5, 5.41) is 4.45. The van der Waals surface area contributed by atoms with Gasteiger partial charge in [0, 0.05) is 28.7 Å². The zero-order chi connectivity index (χ0) is 14.9. The van der Waals surface area contributed by atoms with Gasteiger partial charge >= 0.3 is 0 Å². The maximum absolute atomic E-state index is 5.88. The summed E-state index contributed by atoms with van der Waals surface area (Å²) in [5.41, 5.74) is 8.71. The lowest BCUT2D eigenvalue weighted by Gasteiger charge is -2.16. The molecule has 2 rings (SSSR count). The molecule has 0 saturated heterocycles. The first-order valence-electron chi connectivity index (χ1n) is 6.26. The van der Waals surface area contributed by atoms with Crippen molar-refractivity contribution in [3.8, 4) is 22.8 Å². The fourth-order valence-electron chi connectivity index (χ4n) is 2.25. The Labute approximate surface area is 126 Å². The Hall–Kier alpha value is -1.69. The zero-order valence-corrected chi connectivity index (χ0v) is 13.6. The summed E-state index contributed by atoms with van der Waals surface area (Å²) in [4.78, 5) is 0. The molecule has 0 bridgehead atoms. The van der Waals surface area contributed by atoms with Crippen molar-refractivity contribution in [3.05, 3.63) is 22.2 Å². The molecule has 0 aliphatic heterocycles. The summed E-state index contributed by atoms with van der Waals surface area (Å²) in [6.07, 6.45) is 0.796. The van der Waals surface area contributed by atoms with E-state index in [2.05, 4.69) is 28.0 Å². The van der Waals surface area contributed by atoms with E-state index in [0.29, 0.717) is 11.6 Å². The van der Waals surface area contributed by atoms with Crippen molar-refractivity contribution in [2.45, 2.75) is 13.3 Å². The highest BCUT2D eigenvalue weighted by Gasteiger charge is 2.20. The average molecular weight is 340 g/mol. The van der Waals surface area contributed by atoms with Crippen LogP contribution in [-0.4, -0.2) is 24.0 Å². The maximum atomic E-state index is 5.88. The van der Waals surface area contributed by atoms with Gasteiger partial charge in [0.2, 0.25) is 0 Å². The third-order valence-corrected chi connectivity index (χ3v) is 3.87. The number of ether oxygens (including phenoxy) is 2. The van der Waals surface area contributed by atoms with Crippen molar-refractivity contribution in [2.24, 2.45) is 7.05 Å². The molecule has 0 aliphatic rings. The highest BCUT2D eigenvalue weighted by molar-refractivity contribution is 9.10. The number of hydrogen-bond acceptors (Lipinski definition) is 4. The van der Waals surface area contributed by atoms with E-state index in [1.807, 2.05) is 19.2 Å². The molecule has 20 heavy (non-hydrogen) atoms. The Morgan fingerprint density at radius 1 is 1.30 bits per heavy atom. The molecule has 0 unspecified atom stereocenters. The summed E-state index contributed by atoms with van der Waals surface area (Å²) in [5.74, 6) is 2.05. The molecular formula is C14H18BrN3O2. The summed E-state index contributed by atoms with van der Waals surface area (Å²) >= 11 is 3.59. The topological polar surface area (TPSA) is 62.3 Å². The lowest BCUT2D eigenvalue weighted by atomic mass is 10.0. The van der Waals surface area contributed by atoms with Crippen molar-refractivity contribution in [3.63, 3.8) is 0 Å². The van der Waals surface area contributed by atoms with Crippen LogP contribution in [0.5, 0.6) is 11.5 Å². The van der Waals surface area contributed by atoms with Gasteiger partial charge in [-0.15, -0.1) is 0 Å². The number of hydrogen-bond donors (Lipinski definition) is 1. The number of benzene rings is 1. The van der Waals surface area contributed by atoms with Gasteiger partial charge in [-0.3, -0.25) is 4.68 Å². The van der Waals surface area contributed by atoms with Gasteiger partial charge in [0.05, 0.1) is 19.9 Å². The smallest absolute Gasteiger partial charge is 0.164 e. The Bertz CT molecular complexity index is 618. The Morgan fingerprint density at radius 3 is 2.45 bits per heavy atom. The SMILES string of the molecule is CCc1c(OC)c(OC)cc(Br)c1-c1cc(N)n(C)n1. The number of aromatic nitrogens is 2. The van der Waals surface area contributed by atoms with Gasteiger partial charge in [-0.1, -0.05) is 6.92 Å². The highest BCUT2D eigenvalue weighted by Crippen LogP contribution is 2.43. The second-order valence-electron chi connectivity index (χ2n) is 4.38. The predicted molar refractivity (Wildman–Crippen MR) is 83.2 cm³/mol. The monoisotopic (exact) mass is 339 g/mol. The fourth-order valence-corrected chi connectivity index (χ4v) is 2.90. The van der Waals surface area contributed by atoms with Crippen molar-refractivity contribution < 1.29 is 9.47 Å². The Morgan fingerprint density at radius 2 is 2.00 bits per heavy atom. The fraction of sp³-hybridized carbons (Fsp3) is 0.357. The molecule has 0 aliphatic carbocycles. The number of halogens is 1. The summed E-state index contributed by atoms with van der Waals surface area (Å²) in [7, 11) is 5.09. The van der Waals surface area contributed by atoms with Crippen LogP contribution in [0.25, 0.3) is 11.3 Å². The first kappa shape index (κ1) is 14.7. The van der Waals surface area contributed by atoms with Crippen LogP contribution in [0.2, 0.25) is 0 Å². The summed E-state index contributed by atoms with van der Waals surface area (Å²) < 4.78 is 13.4. The largest absolute Gasteiger partial charge is 0.493 e. The van der Waals surface area contributed by atoms with Crippen LogP contribution in [0.3, 0.4) is 0 Å². The molecule has 6 heteroatoms. The Balaban J connectivity index is 2.74. The molecule has 2 aromatic rings. The van der Waals surface area contributed by atoms with E-state index < -0.39 is 0 Å². The van der Waals surface area contributed by atoms with Gasteiger partial charge in [-0.05, 0) is 28.4 Å². The van der Waals surface area contributed by atoms with E-state index in [9.17, 15) is 0 Å². The van der Waals surface area contributed by atoms with Crippen LogP contribution >= 0.6 is 15.9 Å². The second kappa shape index (κ2) is 5.75. The number of methoxy groups -OCH3 is 2. The number of nitrogens with zero attached hydrogens (tertiary/aromatic N) is 2. The zero-order valence-electron chi connectivity index (χ0n) is 12.0. The van der Waals surface area contributed by atoms with Crippen LogP contribution in [0.4, 0.5) is 5.82 Å². The van der Waals surface area contributed by atoms with E-state index >= 15 is 0 Å². The standard InChI is InChI=1S/C14H18BrN3O2/c1-5-8-13(10-7-12(16)18(2)17-10)9(15)6-11(19-3)14(8)20-4/h6-7H,5,16H2,1-4H3. The van der Waals surface area contributed by atoms with Gasteiger partial charge < -0.3 is 15.2 Å². The Kier molecular flexibility index (Phi) is 4.23. The van der Waals surface area contributed by atoms with Crippen LogP contribution in [0.1, 0.15) is 12.5 Å². The predicted octanol–water partition coefficient (Wildman–Crippen LogP) is 3.01. The van der Waals surface area contributed by atoms with Crippen LogP contribution in [0.15, 0.2) is 16.6 Å². The van der Waals surface area contributed by atoms with E-state index in [-0.39, 0.29) is 0 Å². The molecule has 108 valence electrons. The third kappa shape index (κ3) is 2.35. The minimum absolute atomic E-state index is 0.615. The van der Waals surface area contributed by atoms with E-state index in [0.717, 1.165) is 33.5 Å². The van der Waals surface area contributed by atoms with Crippen LogP contribution in [-0.2, 0) is 13.5 Å². The van der Waals surface area contributed by atoms with Crippen molar-refractivity contribution >= 4 is 21.7 Å². The lowest BCUT2D eigenvalue weighted by Crippen LogP contribution is -2.00.